The first kappa shape index (κ1) is 8.83. The van der Waals surface area contributed by atoms with Crippen molar-refractivity contribution < 1.29 is 5.11 Å². The maximum atomic E-state index is 9.02. The number of H-pyrrole nitrogens is 1. The van der Waals surface area contributed by atoms with Crippen molar-refractivity contribution in [3.05, 3.63) is 29.3 Å². The van der Waals surface area contributed by atoms with Crippen LogP contribution in [0.4, 0.5) is 0 Å². The predicted octanol–water partition coefficient (Wildman–Crippen LogP) is 0.667. The van der Waals surface area contributed by atoms with Gasteiger partial charge in [-0.3, -0.25) is 0 Å². The summed E-state index contributed by atoms with van der Waals surface area (Å²) in [6.07, 6.45) is 0. The number of aromatic nitrogens is 4. The zero-order valence-electron chi connectivity index (χ0n) is 7.73. The average Bonchev–Trinajstić information content (AvgIpc) is 2.69. The van der Waals surface area contributed by atoms with Crippen molar-refractivity contribution in [2.75, 3.05) is 0 Å². The molecule has 0 bridgehead atoms. The molecule has 2 aromatic rings. The molecule has 72 valence electrons. The van der Waals surface area contributed by atoms with Gasteiger partial charge in [0.2, 0.25) is 5.82 Å². The quantitative estimate of drug-likeness (QED) is 0.729. The molecule has 1 aromatic heterocycles. The molecule has 5 nitrogen and oxygen atoms in total. The molecule has 0 spiro atoms. The van der Waals surface area contributed by atoms with Gasteiger partial charge in [0.25, 0.3) is 0 Å². The third-order valence-corrected chi connectivity index (χ3v) is 1.92. The van der Waals surface area contributed by atoms with Crippen molar-refractivity contribution in [3.63, 3.8) is 0 Å². The molecule has 0 saturated heterocycles. The van der Waals surface area contributed by atoms with E-state index in [2.05, 4.69) is 20.6 Å². The van der Waals surface area contributed by atoms with Gasteiger partial charge < -0.3 is 5.11 Å². The normalized spacial score (nSPS) is 10.4. The smallest absolute Gasteiger partial charge is 0.204 e. The lowest BCUT2D eigenvalue weighted by Gasteiger charge is -2.01. The van der Waals surface area contributed by atoms with Gasteiger partial charge in [0.15, 0.2) is 0 Å². The third-order valence-electron chi connectivity index (χ3n) is 1.92. The van der Waals surface area contributed by atoms with Crippen LogP contribution in [0.2, 0.25) is 0 Å². The summed E-state index contributed by atoms with van der Waals surface area (Å²) in [5.74, 6) is 0.545. The van der Waals surface area contributed by atoms with Gasteiger partial charge >= 0.3 is 0 Å². The number of aliphatic hydroxyl groups excluding tert-OH is 1. The first-order valence-electron chi connectivity index (χ1n) is 4.25. The lowest BCUT2D eigenvalue weighted by molar-refractivity contribution is 0.282. The van der Waals surface area contributed by atoms with Crippen molar-refractivity contribution in [1.82, 2.24) is 20.6 Å². The van der Waals surface area contributed by atoms with Gasteiger partial charge in [0.05, 0.1) is 6.61 Å². The van der Waals surface area contributed by atoms with Crippen LogP contribution in [0.25, 0.3) is 11.4 Å². The average molecular weight is 190 g/mol. The Morgan fingerprint density at radius 3 is 2.86 bits per heavy atom. The van der Waals surface area contributed by atoms with E-state index in [1.165, 1.54) is 0 Å². The fraction of sp³-hybridized carbons (Fsp3) is 0.222. The van der Waals surface area contributed by atoms with E-state index in [0.717, 1.165) is 16.7 Å². The highest BCUT2D eigenvalue weighted by Gasteiger charge is 2.04. The number of aryl methyl sites for hydroxylation is 1. The molecular formula is C9H10N4O. The highest BCUT2D eigenvalue weighted by Crippen LogP contribution is 2.17. The molecule has 14 heavy (non-hydrogen) atoms. The van der Waals surface area contributed by atoms with Crippen LogP contribution in [0.1, 0.15) is 11.1 Å². The van der Waals surface area contributed by atoms with Crippen LogP contribution in [0.3, 0.4) is 0 Å². The van der Waals surface area contributed by atoms with Crippen molar-refractivity contribution in [2.24, 2.45) is 0 Å². The Kier molecular flexibility index (Phi) is 2.24. The number of hydrogen-bond acceptors (Lipinski definition) is 4. The zero-order chi connectivity index (χ0) is 9.97. The van der Waals surface area contributed by atoms with E-state index in [0.29, 0.717) is 5.82 Å². The van der Waals surface area contributed by atoms with E-state index in [1.807, 2.05) is 25.1 Å². The summed E-state index contributed by atoms with van der Waals surface area (Å²) in [4.78, 5) is 0. The van der Waals surface area contributed by atoms with E-state index >= 15 is 0 Å². The standard InChI is InChI=1S/C9H10N4O/c1-6-2-7(5-14)4-8(3-6)9-10-12-13-11-9/h2-4,14H,5H2,1H3,(H,10,11,12,13). The number of hydrogen-bond donors (Lipinski definition) is 2. The minimum absolute atomic E-state index is 0.0204. The summed E-state index contributed by atoms with van der Waals surface area (Å²) in [5.41, 5.74) is 2.78. The van der Waals surface area contributed by atoms with E-state index < -0.39 is 0 Å². The van der Waals surface area contributed by atoms with E-state index in [1.54, 1.807) is 0 Å². The van der Waals surface area contributed by atoms with E-state index in [-0.39, 0.29) is 6.61 Å². The minimum Gasteiger partial charge on any atom is -0.392 e. The first-order chi connectivity index (χ1) is 6.79. The molecule has 5 heteroatoms. The minimum atomic E-state index is 0.0204. The molecule has 0 amide bonds. The Labute approximate surface area is 80.8 Å². The second kappa shape index (κ2) is 3.55. The zero-order valence-corrected chi connectivity index (χ0v) is 7.73. The monoisotopic (exact) mass is 190 g/mol. The Bertz CT molecular complexity index is 424. The summed E-state index contributed by atoms with van der Waals surface area (Å²) in [6.45, 7) is 1.98. The van der Waals surface area contributed by atoms with E-state index in [9.17, 15) is 0 Å². The van der Waals surface area contributed by atoms with Crippen molar-refractivity contribution in [3.8, 4) is 11.4 Å². The molecule has 1 heterocycles. The van der Waals surface area contributed by atoms with Crippen LogP contribution < -0.4 is 0 Å². The van der Waals surface area contributed by atoms with Crippen molar-refractivity contribution >= 4 is 0 Å². The molecular weight excluding hydrogens is 180 g/mol. The second-order valence-corrected chi connectivity index (χ2v) is 3.10. The number of tetrazole rings is 1. The van der Waals surface area contributed by atoms with Crippen molar-refractivity contribution in [1.29, 1.82) is 0 Å². The summed E-state index contributed by atoms with van der Waals surface area (Å²) < 4.78 is 0. The molecule has 2 rings (SSSR count). The molecule has 0 aliphatic carbocycles. The van der Waals surface area contributed by atoms with Gasteiger partial charge in [-0.15, -0.1) is 10.2 Å². The molecule has 0 saturated carbocycles. The Balaban J connectivity index is 2.48. The van der Waals surface area contributed by atoms with Crippen LogP contribution in [-0.2, 0) is 6.61 Å². The summed E-state index contributed by atoms with van der Waals surface area (Å²) in [5, 5.41) is 22.6. The lowest BCUT2D eigenvalue weighted by Crippen LogP contribution is -1.88. The maximum absolute atomic E-state index is 9.02. The van der Waals surface area contributed by atoms with Crippen molar-refractivity contribution in [2.45, 2.75) is 13.5 Å². The largest absolute Gasteiger partial charge is 0.392 e. The Morgan fingerprint density at radius 1 is 1.36 bits per heavy atom. The highest BCUT2D eigenvalue weighted by atomic mass is 16.3. The molecule has 0 aliphatic rings. The SMILES string of the molecule is Cc1cc(CO)cc(-c2nn[nH]n2)c1. The molecule has 0 unspecified atom stereocenters. The van der Waals surface area contributed by atoms with Gasteiger partial charge in [-0.1, -0.05) is 11.6 Å². The van der Waals surface area contributed by atoms with Gasteiger partial charge in [-0.25, -0.2) is 0 Å². The van der Waals surface area contributed by atoms with Crippen LogP contribution >= 0.6 is 0 Å². The van der Waals surface area contributed by atoms with E-state index in [4.69, 9.17) is 5.11 Å². The molecule has 0 aliphatic heterocycles. The molecule has 0 atom stereocenters. The second-order valence-electron chi connectivity index (χ2n) is 3.10. The third kappa shape index (κ3) is 1.62. The molecule has 2 N–H and O–H groups in total. The lowest BCUT2D eigenvalue weighted by atomic mass is 10.1. The number of aliphatic hydroxyl groups is 1. The predicted molar refractivity (Wildman–Crippen MR) is 50.3 cm³/mol. The fourth-order valence-electron chi connectivity index (χ4n) is 1.37. The molecule has 0 fully saturated rings. The number of nitrogens with zero attached hydrogens (tertiary/aromatic N) is 3. The number of rotatable bonds is 2. The Morgan fingerprint density at radius 2 is 2.21 bits per heavy atom. The van der Waals surface area contributed by atoms with Gasteiger partial charge in [-0.05, 0) is 29.8 Å². The summed E-state index contributed by atoms with van der Waals surface area (Å²) >= 11 is 0. The first-order valence-corrected chi connectivity index (χ1v) is 4.25. The Hall–Kier alpha value is -1.75. The fourth-order valence-corrected chi connectivity index (χ4v) is 1.37. The number of aromatic amines is 1. The highest BCUT2D eigenvalue weighted by molar-refractivity contribution is 5.56. The topological polar surface area (TPSA) is 74.7 Å². The summed E-state index contributed by atoms with van der Waals surface area (Å²) in [7, 11) is 0. The maximum Gasteiger partial charge on any atom is 0.204 e. The van der Waals surface area contributed by atoms with Gasteiger partial charge in [0, 0.05) is 5.56 Å². The van der Waals surface area contributed by atoms with Crippen LogP contribution in [0.5, 0.6) is 0 Å². The molecule has 0 radical (unpaired) electrons. The van der Waals surface area contributed by atoms with Gasteiger partial charge in [-0.2, -0.15) is 5.21 Å². The number of benzene rings is 1. The molecule has 1 aromatic carbocycles. The van der Waals surface area contributed by atoms with Crippen LogP contribution in [-0.4, -0.2) is 25.7 Å². The van der Waals surface area contributed by atoms with Crippen LogP contribution in [0, 0.1) is 6.92 Å². The van der Waals surface area contributed by atoms with Crippen LogP contribution in [0.15, 0.2) is 18.2 Å². The van der Waals surface area contributed by atoms with Gasteiger partial charge in [0.1, 0.15) is 0 Å². The number of nitrogens with one attached hydrogen (secondary N) is 1. The summed E-state index contributed by atoms with van der Waals surface area (Å²) in [6, 6.07) is 5.71.